The summed E-state index contributed by atoms with van der Waals surface area (Å²) in [4.78, 5) is 66.0. The van der Waals surface area contributed by atoms with Crippen molar-refractivity contribution in [2.24, 2.45) is 9.98 Å². The second kappa shape index (κ2) is 19.4. The summed E-state index contributed by atoms with van der Waals surface area (Å²) in [7, 11) is 3.03. The molecule has 2 heterocycles. The molecule has 21 heteroatoms. The second-order valence-corrected chi connectivity index (χ2v) is 17.0. The predicted molar refractivity (Wildman–Crippen MR) is 230 cm³/mol. The Kier molecular flexibility index (Phi) is 15.5. The third kappa shape index (κ3) is 9.85. The number of ether oxygens (including phenoxy) is 6. The smallest absolute Gasteiger partial charge is 0.423 e. The standard InChI is InChI=1S/C39H37Cl7N4O10/c1-18-25(40)21-23(28(43)26(18)41)34(51)49(36(53)59-38(2,3)16-57-14-12-55-6)32(21)47-19-8-10-20(11-9-19)48-33-22-24(29(44)31(46)30(45)27(22)42)35(52)50(33)37(54)60-39(4,5)17-58-15-13-56-7/h8-11H,12-17H2,1-7H3. The Morgan fingerprint density at radius 2 is 0.900 bits per heavy atom. The Morgan fingerprint density at radius 3 is 1.28 bits per heavy atom. The van der Waals surface area contributed by atoms with Crippen molar-refractivity contribution in [1.82, 2.24) is 9.80 Å². The van der Waals surface area contributed by atoms with Crippen LogP contribution in [0, 0.1) is 6.92 Å². The average Bonchev–Trinajstić information content (AvgIpc) is 3.64. The number of aliphatic imine (C=N–C) groups is 2. The fourth-order valence-electron chi connectivity index (χ4n) is 5.81. The molecule has 0 aliphatic carbocycles. The number of amidine groups is 2. The minimum absolute atomic E-state index is 0.0208. The molecule has 0 bridgehead atoms. The summed E-state index contributed by atoms with van der Waals surface area (Å²) >= 11 is 45.6. The van der Waals surface area contributed by atoms with Crippen LogP contribution < -0.4 is 0 Å². The Hall–Kier alpha value is -3.25. The van der Waals surface area contributed by atoms with Gasteiger partial charge in [-0.25, -0.2) is 19.6 Å². The lowest BCUT2D eigenvalue weighted by atomic mass is 10.1. The van der Waals surface area contributed by atoms with E-state index < -0.39 is 35.2 Å². The molecule has 0 saturated carbocycles. The van der Waals surface area contributed by atoms with Crippen LogP contribution in [0.15, 0.2) is 34.3 Å². The number of halogens is 7. The molecule has 0 N–H and O–H groups in total. The van der Waals surface area contributed by atoms with E-state index >= 15 is 0 Å². The van der Waals surface area contributed by atoms with Gasteiger partial charge in [0.15, 0.2) is 11.7 Å². The van der Waals surface area contributed by atoms with Crippen molar-refractivity contribution in [3.05, 3.63) is 87.2 Å². The van der Waals surface area contributed by atoms with E-state index in [1.54, 1.807) is 34.6 Å². The molecule has 0 atom stereocenters. The van der Waals surface area contributed by atoms with Crippen molar-refractivity contribution in [1.29, 1.82) is 0 Å². The molecule has 3 aromatic rings. The fourth-order valence-corrected chi connectivity index (χ4v) is 7.66. The number of hydrogen-bond donors (Lipinski definition) is 0. The number of hydrogen-bond acceptors (Lipinski definition) is 12. The second-order valence-electron chi connectivity index (χ2n) is 14.3. The molecule has 0 saturated heterocycles. The Bertz CT molecular complexity index is 2140. The largest absolute Gasteiger partial charge is 0.440 e. The average molecular weight is 970 g/mol. The van der Waals surface area contributed by atoms with Crippen LogP contribution in [0.25, 0.3) is 0 Å². The summed E-state index contributed by atoms with van der Waals surface area (Å²) < 4.78 is 32.5. The summed E-state index contributed by atoms with van der Waals surface area (Å²) in [6, 6.07) is 5.91. The van der Waals surface area contributed by atoms with E-state index in [-0.39, 0.29) is 107 Å². The Balaban J connectivity index is 1.56. The van der Waals surface area contributed by atoms with Crippen LogP contribution in [0.5, 0.6) is 0 Å². The number of fused-ring (bicyclic) bond motifs is 2. The van der Waals surface area contributed by atoms with Crippen LogP contribution >= 0.6 is 81.2 Å². The van der Waals surface area contributed by atoms with Gasteiger partial charge in [-0.2, -0.15) is 9.80 Å². The van der Waals surface area contributed by atoms with Gasteiger partial charge in [-0.1, -0.05) is 81.2 Å². The molecule has 5 rings (SSSR count). The lowest BCUT2D eigenvalue weighted by Gasteiger charge is -2.27. The van der Waals surface area contributed by atoms with Crippen molar-refractivity contribution in [2.75, 3.05) is 53.9 Å². The molecule has 60 heavy (non-hydrogen) atoms. The van der Waals surface area contributed by atoms with Gasteiger partial charge in [-0.05, 0) is 64.4 Å². The minimum Gasteiger partial charge on any atom is -0.440 e. The fraction of sp³-hybridized carbons (Fsp3) is 0.385. The number of benzene rings is 3. The van der Waals surface area contributed by atoms with Gasteiger partial charge in [-0.15, -0.1) is 0 Å². The number of carbonyl (C=O) groups excluding carboxylic acids is 4. The SMILES string of the molecule is COCCOCC(C)(C)OC(=O)N1C(=O)c2c(Cl)c(Cl)c(C)c(Cl)c2C1=Nc1ccc(N=C2c3c(Cl)c(Cl)c(Cl)c(Cl)c3C(=O)N2C(=O)OC(C)(C)COCCOC)cc1. The normalized spacial score (nSPS) is 15.4. The minimum atomic E-state index is -1.22. The maximum absolute atomic E-state index is 13.9. The number of rotatable bonds is 14. The summed E-state index contributed by atoms with van der Waals surface area (Å²) in [6.07, 6.45) is -2.21. The van der Waals surface area contributed by atoms with Crippen molar-refractivity contribution in [2.45, 2.75) is 45.8 Å². The summed E-state index contributed by atoms with van der Waals surface area (Å²) in [6.45, 7) is 8.99. The summed E-state index contributed by atoms with van der Waals surface area (Å²) in [5.74, 6) is -2.27. The van der Waals surface area contributed by atoms with Crippen LogP contribution in [0.1, 0.15) is 65.1 Å². The lowest BCUT2D eigenvalue weighted by Crippen LogP contribution is -2.43. The summed E-state index contributed by atoms with van der Waals surface area (Å²) in [5.41, 5.74) is -2.12. The Labute approximate surface area is 380 Å². The number of methoxy groups -OCH3 is 2. The van der Waals surface area contributed by atoms with Crippen molar-refractivity contribution in [3.8, 4) is 0 Å². The number of carbonyl (C=O) groups is 4. The van der Waals surface area contributed by atoms with E-state index in [0.717, 1.165) is 0 Å². The van der Waals surface area contributed by atoms with E-state index in [4.69, 9.17) is 110 Å². The first kappa shape index (κ1) is 47.8. The van der Waals surface area contributed by atoms with Gasteiger partial charge in [0, 0.05) is 14.2 Å². The maximum Gasteiger partial charge on any atom is 0.423 e. The molecule has 2 aliphatic heterocycles. The highest BCUT2D eigenvalue weighted by Gasteiger charge is 2.47. The van der Waals surface area contributed by atoms with E-state index in [9.17, 15) is 19.2 Å². The van der Waals surface area contributed by atoms with Crippen LogP contribution in [-0.2, 0) is 28.4 Å². The predicted octanol–water partition coefficient (Wildman–Crippen LogP) is 10.8. The molecule has 3 aromatic carbocycles. The zero-order chi connectivity index (χ0) is 44.4. The number of amides is 4. The zero-order valence-electron chi connectivity index (χ0n) is 33.1. The molecule has 4 amide bonds. The van der Waals surface area contributed by atoms with Crippen molar-refractivity contribution >= 4 is 128 Å². The highest BCUT2D eigenvalue weighted by atomic mass is 35.5. The third-order valence-corrected chi connectivity index (χ3v) is 11.9. The van der Waals surface area contributed by atoms with Crippen LogP contribution in [0.2, 0.25) is 35.2 Å². The molecule has 0 aromatic heterocycles. The van der Waals surface area contributed by atoms with Gasteiger partial charge < -0.3 is 28.4 Å². The summed E-state index contributed by atoms with van der Waals surface area (Å²) in [5, 5.41) is -0.915. The quantitative estimate of drug-likeness (QED) is 0.0866. The number of nitrogens with zero attached hydrogens (tertiary/aromatic N) is 4. The monoisotopic (exact) mass is 966 g/mol. The topological polar surface area (TPSA) is 155 Å². The van der Waals surface area contributed by atoms with Gasteiger partial charge in [0.2, 0.25) is 0 Å². The maximum atomic E-state index is 13.9. The molecule has 2 aliphatic rings. The van der Waals surface area contributed by atoms with Gasteiger partial charge in [0.25, 0.3) is 11.8 Å². The van der Waals surface area contributed by atoms with Crippen LogP contribution in [0.4, 0.5) is 21.0 Å². The molecule has 322 valence electrons. The molecule has 0 fully saturated rings. The molecule has 14 nitrogen and oxygen atoms in total. The first-order valence-electron chi connectivity index (χ1n) is 17.8. The van der Waals surface area contributed by atoms with Crippen molar-refractivity contribution in [3.63, 3.8) is 0 Å². The van der Waals surface area contributed by atoms with Crippen molar-refractivity contribution < 1.29 is 47.6 Å². The van der Waals surface area contributed by atoms with Gasteiger partial charge in [0.1, 0.15) is 11.2 Å². The van der Waals surface area contributed by atoms with Gasteiger partial charge in [0.05, 0.1) is 108 Å². The zero-order valence-corrected chi connectivity index (χ0v) is 38.4. The van der Waals surface area contributed by atoms with E-state index in [2.05, 4.69) is 9.98 Å². The van der Waals surface area contributed by atoms with E-state index in [1.165, 1.54) is 38.5 Å². The third-order valence-electron chi connectivity index (χ3n) is 8.69. The Morgan fingerprint density at radius 1 is 0.550 bits per heavy atom. The highest BCUT2D eigenvalue weighted by molar-refractivity contribution is 6.56. The van der Waals surface area contributed by atoms with Crippen LogP contribution in [0.3, 0.4) is 0 Å². The van der Waals surface area contributed by atoms with Gasteiger partial charge >= 0.3 is 12.2 Å². The molecular formula is C39H37Cl7N4O10. The van der Waals surface area contributed by atoms with Crippen LogP contribution in [-0.4, -0.2) is 111 Å². The highest BCUT2D eigenvalue weighted by Crippen LogP contribution is 2.47. The first-order valence-corrected chi connectivity index (χ1v) is 20.4. The number of imide groups is 2. The lowest BCUT2D eigenvalue weighted by molar-refractivity contribution is -0.0471. The van der Waals surface area contributed by atoms with Gasteiger partial charge in [-0.3, -0.25) is 9.59 Å². The first-order chi connectivity index (χ1) is 28.2. The molecule has 0 unspecified atom stereocenters. The molecular weight excluding hydrogens is 933 g/mol. The molecule has 0 spiro atoms. The molecule has 0 radical (unpaired) electrons. The van der Waals surface area contributed by atoms with E-state index in [0.29, 0.717) is 28.6 Å². The van der Waals surface area contributed by atoms with E-state index in [1.807, 2.05) is 0 Å².